The number of benzene rings is 2. The minimum Gasteiger partial charge on any atom is -0.491 e. The normalized spacial score (nSPS) is 16.5. The molecule has 1 aliphatic rings. The van der Waals surface area contributed by atoms with Gasteiger partial charge in [0, 0.05) is 6.54 Å². The van der Waals surface area contributed by atoms with Crippen LogP contribution in [0.2, 0.25) is 0 Å². The number of carbonyl (C=O) groups excluding carboxylic acids is 1. The maximum absolute atomic E-state index is 12.9. The third kappa shape index (κ3) is 4.33. The molecule has 1 aliphatic carbocycles. The molecule has 4 nitrogen and oxygen atoms in total. The molecule has 0 aromatic heterocycles. The molecule has 0 heterocycles. The van der Waals surface area contributed by atoms with Gasteiger partial charge in [0.25, 0.3) is 0 Å². The molecular formula is C23H29NO3. The number of nitrogens with one attached hydrogen (secondary N) is 1. The van der Waals surface area contributed by atoms with Gasteiger partial charge in [-0.1, -0.05) is 48.4 Å². The van der Waals surface area contributed by atoms with E-state index in [9.17, 15) is 9.90 Å². The minimum atomic E-state index is -0.739. The molecule has 3 rings (SSSR count). The van der Waals surface area contributed by atoms with Crippen molar-refractivity contribution < 1.29 is 14.6 Å². The summed E-state index contributed by atoms with van der Waals surface area (Å²) in [6, 6.07) is 15.6. The van der Waals surface area contributed by atoms with Crippen LogP contribution in [0.3, 0.4) is 0 Å². The summed E-state index contributed by atoms with van der Waals surface area (Å²) in [7, 11) is 0. The van der Waals surface area contributed by atoms with Gasteiger partial charge in [-0.3, -0.25) is 4.79 Å². The fourth-order valence-electron chi connectivity index (χ4n) is 3.57. The van der Waals surface area contributed by atoms with Crippen molar-refractivity contribution in [2.24, 2.45) is 0 Å². The summed E-state index contributed by atoms with van der Waals surface area (Å²) in [6.45, 7) is 6.20. The van der Waals surface area contributed by atoms with Crippen LogP contribution in [0.4, 0.5) is 0 Å². The van der Waals surface area contributed by atoms with Gasteiger partial charge in [-0.2, -0.15) is 0 Å². The Kier molecular flexibility index (Phi) is 5.85. The van der Waals surface area contributed by atoms with E-state index in [0.717, 1.165) is 36.1 Å². The largest absolute Gasteiger partial charge is 0.491 e. The van der Waals surface area contributed by atoms with Crippen LogP contribution in [-0.2, 0) is 10.2 Å². The predicted molar refractivity (Wildman–Crippen MR) is 107 cm³/mol. The third-order valence-electron chi connectivity index (χ3n) is 5.34. The number of amides is 1. The van der Waals surface area contributed by atoms with Crippen LogP contribution in [0.1, 0.15) is 55.9 Å². The highest BCUT2D eigenvalue weighted by Crippen LogP contribution is 2.44. The fraction of sp³-hybridized carbons (Fsp3) is 0.435. The molecule has 2 aromatic rings. The van der Waals surface area contributed by atoms with E-state index in [2.05, 4.69) is 29.6 Å². The lowest BCUT2D eigenvalue weighted by Crippen LogP contribution is -2.50. The van der Waals surface area contributed by atoms with Crippen molar-refractivity contribution in [3.05, 3.63) is 65.2 Å². The number of aryl methyl sites for hydroxylation is 1. The molecule has 1 unspecified atom stereocenters. The highest BCUT2D eigenvalue weighted by Gasteiger charge is 2.45. The van der Waals surface area contributed by atoms with Gasteiger partial charge >= 0.3 is 0 Å². The summed E-state index contributed by atoms with van der Waals surface area (Å²) in [4.78, 5) is 12.9. The van der Waals surface area contributed by atoms with Gasteiger partial charge in [-0.15, -0.1) is 0 Å². The first-order chi connectivity index (χ1) is 12.9. The molecule has 0 radical (unpaired) electrons. The van der Waals surface area contributed by atoms with Crippen LogP contribution in [-0.4, -0.2) is 23.7 Å². The summed E-state index contributed by atoms with van der Waals surface area (Å²) >= 11 is 0. The molecule has 0 aliphatic heterocycles. The first-order valence-electron chi connectivity index (χ1n) is 9.71. The zero-order valence-electron chi connectivity index (χ0n) is 16.4. The van der Waals surface area contributed by atoms with E-state index in [4.69, 9.17) is 4.74 Å². The topological polar surface area (TPSA) is 58.6 Å². The standard InChI is InChI=1S/C23H29NO3/c1-16(2)27-20-11-7-18(8-12-20)21(25)15-24-22(26)23(13-4-14-23)19-9-5-17(3)6-10-19/h5-12,16,21,25H,4,13-15H2,1-3H3,(H,24,26). The molecule has 4 heteroatoms. The third-order valence-corrected chi connectivity index (χ3v) is 5.34. The van der Waals surface area contributed by atoms with Crippen LogP contribution in [0.25, 0.3) is 0 Å². The molecule has 2 N–H and O–H groups in total. The van der Waals surface area contributed by atoms with E-state index in [0.29, 0.717) is 0 Å². The van der Waals surface area contributed by atoms with Gasteiger partial charge in [0.1, 0.15) is 5.75 Å². The molecule has 144 valence electrons. The number of aliphatic hydroxyl groups excluding tert-OH is 1. The van der Waals surface area contributed by atoms with Crippen molar-refractivity contribution in [3.8, 4) is 5.75 Å². The van der Waals surface area contributed by atoms with Gasteiger partial charge in [0.2, 0.25) is 5.91 Å². The van der Waals surface area contributed by atoms with Crippen LogP contribution < -0.4 is 10.1 Å². The Balaban J connectivity index is 1.61. The van der Waals surface area contributed by atoms with Crippen LogP contribution in [0.15, 0.2) is 48.5 Å². The van der Waals surface area contributed by atoms with Gasteiger partial charge in [-0.05, 0) is 56.9 Å². The van der Waals surface area contributed by atoms with Crippen LogP contribution in [0, 0.1) is 6.92 Å². The highest BCUT2D eigenvalue weighted by atomic mass is 16.5. The summed E-state index contributed by atoms with van der Waals surface area (Å²) in [5.41, 5.74) is 2.59. The Labute approximate surface area is 161 Å². The van der Waals surface area contributed by atoms with Gasteiger partial charge in [0.05, 0.1) is 17.6 Å². The zero-order chi connectivity index (χ0) is 19.4. The van der Waals surface area contributed by atoms with E-state index in [-0.39, 0.29) is 18.6 Å². The maximum atomic E-state index is 12.9. The lowest BCUT2D eigenvalue weighted by molar-refractivity contribution is -0.130. The van der Waals surface area contributed by atoms with Crippen molar-refractivity contribution in [2.45, 2.75) is 57.7 Å². The lowest BCUT2D eigenvalue weighted by Gasteiger charge is -2.41. The van der Waals surface area contributed by atoms with E-state index >= 15 is 0 Å². The SMILES string of the molecule is Cc1ccc(C2(C(=O)NCC(O)c3ccc(OC(C)C)cc3)CCC2)cc1. The Morgan fingerprint density at radius 2 is 1.74 bits per heavy atom. The monoisotopic (exact) mass is 367 g/mol. The molecule has 1 atom stereocenters. The number of carbonyl (C=O) groups is 1. The second-order valence-electron chi connectivity index (χ2n) is 7.76. The Hall–Kier alpha value is -2.33. The quantitative estimate of drug-likeness (QED) is 0.776. The molecule has 2 aromatic carbocycles. The molecule has 1 amide bonds. The van der Waals surface area contributed by atoms with E-state index in [1.54, 1.807) is 0 Å². The Morgan fingerprint density at radius 1 is 1.11 bits per heavy atom. The van der Waals surface area contributed by atoms with E-state index in [1.165, 1.54) is 5.56 Å². The van der Waals surface area contributed by atoms with Crippen molar-refractivity contribution in [1.82, 2.24) is 5.32 Å². The molecule has 0 spiro atoms. The van der Waals surface area contributed by atoms with E-state index < -0.39 is 11.5 Å². The van der Waals surface area contributed by atoms with Gasteiger partial charge in [0.15, 0.2) is 0 Å². The summed E-state index contributed by atoms with van der Waals surface area (Å²) in [5, 5.41) is 13.4. The molecule has 1 saturated carbocycles. The average Bonchev–Trinajstić information content (AvgIpc) is 2.60. The summed E-state index contributed by atoms with van der Waals surface area (Å²) in [5.74, 6) is 0.786. The maximum Gasteiger partial charge on any atom is 0.230 e. The average molecular weight is 367 g/mol. The fourth-order valence-corrected chi connectivity index (χ4v) is 3.57. The van der Waals surface area contributed by atoms with Crippen molar-refractivity contribution in [3.63, 3.8) is 0 Å². The number of hydrogen-bond acceptors (Lipinski definition) is 3. The second-order valence-corrected chi connectivity index (χ2v) is 7.76. The number of hydrogen-bond donors (Lipinski definition) is 2. The van der Waals surface area contributed by atoms with Crippen molar-refractivity contribution >= 4 is 5.91 Å². The molecular weight excluding hydrogens is 338 g/mol. The van der Waals surface area contributed by atoms with Crippen LogP contribution in [0.5, 0.6) is 5.75 Å². The Bertz CT molecular complexity index is 761. The first-order valence-corrected chi connectivity index (χ1v) is 9.71. The summed E-state index contributed by atoms with van der Waals surface area (Å²) < 4.78 is 5.62. The molecule has 27 heavy (non-hydrogen) atoms. The highest BCUT2D eigenvalue weighted by molar-refractivity contribution is 5.89. The molecule has 0 bridgehead atoms. The minimum absolute atomic E-state index is 0.0106. The van der Waals surface area contributed by atoms with Crippen molar-refractivity contribution in [2.75, 3.05) is 6.54 Å². The first kappa shape index (κ1) is 19.4. The van der Waals surface area contributed by atoms with Gasteiger partial charge < -0.3 is 15.2 Å². The number of aliphatic hydroxyl groups is 1. The lowest BCUT2D eigenvalue weighted by atomic mass is 9.63. The Morgan fingerprint density at radius 3 is 2.26 bits per heavy atom. The zero-order valence-corrected chi connectivity index (χ0v) is 16.4. The smallest absolute Gasteiger partial charge is 0.230 e. The summed E-state index contributed by atoms with van der Waals surface area (Å²) in [6.07, 6.45) is 2.15. The number of rotatable bonds is 7. The van der Waals surface area contributed by atoms with E-state index in [1.807, 2.05) is 45.0 Å². The predicted octanol–water partition coefficient (Wildman–Crippen LogP) is 4.05. The van der Waals surface area contributed by atoms with Crippen molar-refractivity contribution in [1.29, 1.82) is 0 Å². The van der Waals surface area contributed by atoms with Crippen LogP contribution >= 0.6 is 0 Å². The second kappa shape index (κ2) is 8.13. The number of ether oxygens (including phenoxy) is 1. The van der Waals surface area contributed by atoms with Gasteiger partial charge in [-0.25, -0.2) is 0 Å². The molecule has 1 fully saturated rings. The molecule has 0 saturated heterocycles.